The summed E-state index contributed by atoms with van der Waals surface area (Å²) in [7, 11) is 0. The number of thiophene rings is 1. The van der Waals surface area contributed by atoms with E-state index in [4.69, 9.17) is 0 Å². The number of anilines is 1. The van der Waals surface area contributed by atoms with E-state index in [9.17, 15) is 4.79 Å². The molecule has 1 fully saturated rings. The van der Waals surface area contributed by atoms with Crippen molar-refractivity contribution in [2.75, 3.05) is 18.4 Å². The van der Waals surface area contributed by atoms with Crippen LogP contribution in [-0.4, -0.2) is 23.9 Å². The predicted molar refractivity (Wildman–Crippen MR) is 102 cm³/mol. The highest BCUT2D eigenvalue weighted by Gasteiger charge is 2.40. The maximum atomic E-state index is 12.7. The highest BCUT2D eigenvalue weighted by atomic mass is 32.1. The molecule has 1 aromatic heterocycles. The molecule has 3 nitrogen and oxygen atoms in total. The van der Waals surface area contributed by atoms with E-state index in [1.165, 1.54) is 47.3 Å². The normalized spacial score (nSPS) is 22.5. The molecule has 1 amide bonds. The van der Waals surface area contributed by atoms with Gasteiger partial charge in [-0.05, 0) is 84.7 Å². The van der Waals surface area contributed by atoms with Crippen LogP contribution in [0.15, 0.2) is 29.6 Å². The third kappa shape index (κ3) is 3.02. The van der Waals surface area contributed by atoms with E-state index in [0.29, 0.717) is 12.6 Å². The van der Waals surface area contributed by atoms with Gasteiger partial charge >= 0.3 is 0 Å². The van der Waals surface area contributed by atoms with Gasteiger partial charge in [0.25, 0.3) is 0 Å². The second-order valence-corrected chi connectivity index (χ2v) is 8.69. The number of hydrogen-bond acceptors (Lipinski definition) is 3. The van der Waals surface area contributed by atoms with Crippen molar-refractivity contribution < 1.29 is 4.79 Å². The molecule has 1 atom stereocenters. The Labute approximate surface area is 153 Å². The monoisotopic (exact) mass is 352 g/mol. The molecule has 1 N–H and O–H groups in total. The van der Waals surface area contributed by atoms with Gasteiger partial charge in [0.2, 0.25) is 5.91 Å². The van der Waals surface area contributed by atoms with Gasteiger partial charge < -0.3 is 5.32 Å². The van der Waals surface area contributed by atoms with E-state index in [2.05, 4.69) is 39.9 Å². The number of benzene rings is 1. The first-order valence-electron chi connectivity index (χ1n) is 9.50. The Kier molecular flexibility index (Phi) is 3.90. The van der Waals surface area contributed by atoms with Crippen molar-refractivity contribution in [1.82, 2.24) is 4.90 Å². The van der Waals surface area contributed by atoms with Crippen LogP contribution in [0.3, 0.4) is 0 Å². The smallest absolute Gasteiger partial charge is 0.238 e. The summed E-state index contributed by atoms with van der Waals surface area (Å²) < 4.78 is 0. The molecule has 1 aromatic carbocycles. The van der Waals surface area contributed by atoms with Crippen molar-refractivity contribution in [2.45, 2.75) is 44.6 Å². The van der Waals surface area contributed by atoms with Gasteiger partial charge in [-0.15, -0.1) is 11.3 Å². The summed E-state index contributed by atoms with van der Waals surface area (Å²) in [4.78, 5) is 16.6. The maximum Gasteiger partial charge on any atom is 0.238 e. The molecule has 130 valence electrons. The lowest BCUT2D eigenvalue weighted by atomic mass is 9.96. The van der Waals surface area contributed by atoms with Crippen LogP contribution in [0.25, 0.3) is 0 Å². The fraction of sp³-hybridized carbons (Fsp3) is 0.476. The van der Waals surface area contributed by atoms with E-state index >= 15 is 0 Å². The van der Waals surface area contributed by atoms with Crippen molar-refractivity contribution in [3.8, 4) is 0 Å². The number of rotatable bonds is 4. The molecule has 2 heterocycles. The van der Waals surface area contributed by atoms with Crippen LogP contribution in [0.2, 0.25) is 0 Å². The number of hydrogen-bond donors (Lipinski definition) is 1. The zero-order valence-corrected chi connectivity index (χ0v) is 15.3. The zero-order chi connectivity index (χ0) is 16.8. The third-order valence-electron chi connectivity index (χ3n) is 5.92. The summed E-state index contributed by atoms with van der Waals surface area (Å²) in [5, 5.41) is 5.36. The number of carbonyl (C=O) groups excluding carboxylic acids is 1. The van der Waals surface area contributed by atoms with Crippen LogP contribution in [-0.2, 0) is 24.1 Å². The van der Waals surface area contributed by atoms with Gasteiger partial charge in [-0.2, -0.15) is 0 Å². The van der Waals surface area contributed by atoms with Gasteiger partial charge in [-0.25, -0.2) is 0 Å². The quantitative estimate of drug-likeness (QED) is 0.895. The van der Waals surface area contributed by atoms with Crippen LogP contribution in [0, 0.1) is 5.92 Å². The number of aryl methyl sites for hydroxylation is 2. The lowest BCUT2D eigenvalue weighted by molar-refractivity contribution is -0.118. The van der Waals surface area contributed by atoms with Crippen molar-refractivity contribution in [2.24, 2.45) is 5.92 Å². The Bertz CT molecular complexity index is 808. The molecule has 1 aliphatic heterocycles. The van der Waals surface area contributed by atoms with Gasteiger partial charge in [-0.1, -0.05) is 6.07 Å². The van der Waals surface area contributed by atoms with E-state index < -0.39 is 0 Å². The van der Waals surface area contributed by atoms with Gasteiger partial charge in [0.15, 0.2) is 0 Å². The Morgan fingerprint density at radius 1 is 1.16 bits per heavy atom. The number of nitrogens with one attached hydrogen (secondary N) is 1. The van der Waals surface area contributed by atoms with Gasteiger partial charge in [0.05, 0.1) is 6.54 Å². The summed E-state index contributed by atoms with van der Waals surface area (Å²) in [5.41, 5.74) is 5.31. The molecule has 0 unspecified atom stereocenters. The van der Waals surface area contributed by atoms with Crippen LogP contribution >= 0.6 is 11.3 Å². The topological polar surface area (TPSA) is 32.3 Å². The fourth-order valence-corrected chi connectivity index (χ4v) is 5.49. The maximum absolute atomic E-state index is 12.7. The van der Waals surface area contributed by atoms with Crippen molar-refractivity contribution in [3.63, 3.8) is 0 Å². The summed E-state index contributed by atoms with van der Waals surface area (Å²) in [6.45, 7) is 1.51. The minimum atomic E-state index is 0.127. The standard InChI is InChI=1S/C21H24N2OS/c24-20(22-17-7-6-14-2-1-3-16(14)12-17)13-23-10-8-19-18(9-11-25-19)21(23)15-4-5-15/h6-7,9,11-12,15,21H,1-5,8,10,13H2,(H,22,24)/t21-/m0/s1. The Morgan fingerprint density at radius 2 is 2.04 bits per heavy atom. The zero-order valence-electron chi connectivity index (χ0n) is 14.5. The van der Waals surface area contributed by atoms with Crippen LogP contribution in [0.4, 0.5) is 5.69 Å². The Morgan fingerprint density at radius 3 is 2.92 bits per heavy atom. The molecular weight excluding hydrogens is 328 g/mol. The lowest BCUT2D eigenvalue weighted by Crippen LogP contribution is -2.41. The molecule has 2 aromatic rings. The Balaban J connectivity index is 1.29. The van der Waals surface area contributed by atoms with Crippen LogP contribution in [0.1, 0.15) is 46.9 Å². The van der Waals surface area contributed by atoms with Crippen molar-refractivity contribution in [1.29, 1.82) is 0 Å². The number of amides is 1. The number of fused-ring (bicyclic) bond motifs is 2. The molecule has 4 heteroatoms. The summed E-state index contributed by atoms with van der Waals surface area (Å²) in [5.74, 6) is 0.878. The van der Waals surface area contributed by atoms with E-state index in [1.54, 1.807) is 0 Å². The second-order valence-electron chi connectivity index (χ2n) is 7.69. The fourth-order valence-electron chi connectivity index (χ4n) is 4.57. The van der Waals surface area contributed by atoms with Gasteiger partial charge in [0, 0.05) is 23.2 Å². The summed E-state index contributed by atoms with van der Waals surface area (Å²) >= 11 is 1.88. The molecule has 0 bridgehead atoms. The Hall–Kier alpha value is -1.65. The van der Waals surface area contributed by atoms with Gasteiger partial charge in [0.1, 0.15) is 0 Å². The van der Waals surface area contributed by atoms with Crippen molar-refractivity contribution in [3.05, 3.63) is 51.2 Å². The molecule has 1 saturated carbocycles. The van der Waals surface area contributed by atoms with Gasteiger partial charge in [-0.3, -0.25) is 9.69 Å². The number of carbonyl (C=O) groups is 1. The second kappa shape index (κ2) is 6.26. The van der Waals surface area contributed by atoms with Crippen molar-refractivity contribution >= 4 is 22.9 Å². The first-order valence-corrected chi connectivity index (χ1v) is 10.4. The molecular formula is C21H24N2OS. The average molecular weight is 353 g/mol. The van der Waals surface area contributed by atoms with E-state index in [-0.39, 0.29) is 5.91 Å². The summed E-state index contributed by atoms with van der Waals surface area (Å²) in [6, 6.07) is 9.16. The molecule has 25 heavy (non-hydrogen) atoms. The summed E-state index contributed by atoms with van der Waals surface area (Å²) in [6.07, 6.45) is 7.28. The molecule has 0 radical (unpaired) electrons. The minimum absolute atomic E-state index is 0.127. The molecule has 3 aliphatic rings. The number of nitrogens with zero attached hydrogens (tertiary/aromatic N) is 1. The third-order valence-corrected chi connectivity index (χ3v) is 6.91. The first kappa shape index (κ1) is 15.6. The molecule has 2 aliphatic carbocycles. The van der Waals surface area contributed by atoms with Crippen LogP contribution in [0.5, 0.6) is 0 Å². The predicted octanol–water partition coefficient (Wildman–Crippen LogP) is 4.18. The highest BCUT2D eigenvalue weighted by Crippen LogP contribution is 2.48. The average Bonchev–Trinajstić information content (AvgIpc) is 3.14. The SMILES string of the molecule is O=C(CN1CCc2sccc2[C@@H]1C1CC1)Nc1ccc2c(c1)CCC2. The van der Waals surface area contributed by atoms with E-state index in [0.717, 1.165) is 31.0 Å². The first-order chi connectivity index (χ1) is 12.3. The largest absolute Gasteiger partial charge is 0.325 e. The molecule has 0 saturated heterocycles. The van der Waals surface area contributed by atoms with Crippen LogP contribution < -0.4 is 5.32 Å². The lowest BCUT2D eigenvalue weighted by Gasteiger charge is -2.35. The highest BCUT2D eigenvalue weighted by molar-refractivity contribution is 7.10. The van der Waals surface area contributed by atoms with E-state index in [1.807, 2.05) is 11.3 Å². The molecule has 5 rings (SSSR count). The molecule has 0 spiro atoms. The minimum Gasteiger partial charge on any atom is -0.325 e.